The molecule has 5 aromatic rings. The second-order valence-electron chi connectivity index (χ2n) is 8.47. The largest absolute Gasteiger partial charge is 0.325 e. The number of nitrogens with zero attached hydrogens (tertiary/aromatic N) is 5. The monoisotopic (exact) mass is 457 g/mol. The van der Waals surface area contributed by atoms with E-state index < -0.39 is 10.0 Å². The predicted molar refractivity (Wildman–Crippen MR) is 127 cm³/mol. The summed E-state index contributed by atoms with van der Waals surface area (Å²) in [7, 11) is -3.73. The number of fused-ring (bicyclic) bond motifs is 3. The summed E-state index contributed by atoms with van der Waals surface area (Å²) in [6.07, 6.45) is 6.14. The number of hydrogen-bond acceptors (Lipinski definition) is 5. The lowest BCUT2D eigenvalue weighted by Gasteiger charge is -2.17. The number of hydrogen-bond donors (Lipinski definition) is 0. The van der Waals surface area contributed by atoms with Crippen LogP contribution in [0.25, 0.3) is 22.1 Å². The van der Waals surface area contributed by atoms with Crippen LogP contribution in [-0.4, -0.2) is 44.9 Å². The molecule has 0 saturated carbocycles. The summed E-state index contributed by atoms with van der Waals surface area (Å²) in [6, 6.07) is 21.1. The van der Waals surface area contributed by atoms with Crippen LogP contribution in [0.5, 0.6) is 0 Å². The lowest BCUT2D eigenvalue weighted by Crippen LogP contribution is -2.21. The van der Waals surface area contributed by atoms with E-state index in [1.807, 2.05) is 18.5 Å². The summed E-state index contributed by atoms with van der Waals surface area (Å²) in [5.41, 5.74) is 3.45. The van der Waals surface area contributed by atoms with Gasteiger partial charge >= 0.3 is 0 Å². The van der Waals surface area contributed by atoms with Gasteiger partial charge in [0.05, 0.1) is 22.9 Å². The third kappa shape index (κ3) is 3.42. The van der Waals surface area contributed by atoms with Crippen molar-refractivity contribution in [2.75, 3.05) is 13.1 Å². The van der Waals surface area contributed by atoms with Gasteiger partial charge in [0.1, 0.15) is 5.52 Å². The van der Waals surface area contributed by atoms with Gasteiger partial charge in [-0.25, -0.2) is 22.4 Å². The third-order valence-electron chi connectivity index (χ3n) is 6.40. The molecule has 7 nitrogen and oxygen atoms in total. The predicted octanol–water partition coefficient (Wildman–Crippen LogP) is 4.07. The molecule has 8 heteroatoms. The Morgan fingerprint density at radius 2 is 1.70 bits per heavy atom. The Kier molecular flexibility index (Phi) is 4.78. The molecule has 3 aromatic heterocycles. The van der Waals surface area contributed by atoms with Crippen molar-refractivity contribution in [1.82, 2.24) is 23.4 Å². The molecule has 1 saturated heterocycles. The van der Waals surface area contributed by atoms with Crippen LogP contribution in [0.3, 0.4) is 0 Å². The minimum Gasteiger partial charge on any atom is -0.325 e. The van der Waals surface area contributed by atoms with Crippen molar-refractivity contribution in [2.45, 2.75) is 23.9 Å². The normalized spacial score (nSPS) is 17.3. The van der Waals surface area contributed by atoms with Crippen molar-refractivity contribution in [3.63, 3.8) is 0 Å². The maximum atomic E-state index is 13.2. The fourth-order valence-corrected chi connectivity index (χ4v) is 6.11. The molecule has 0 bridgehead atoms. The molecule has 0 radical (unpaired) electrons. The zero-order chi connectivity index (χ0) is 22.4. The maximum absolute atomic E-state index is 13.2. The number of aromatic nitrogens is 4. The van der Waals surface area contributed by atoms with Crippen LogP contribution >= 0.6 is 0 Å². The Morgan fingerprint density at radius 1 is 0.939 bits per heavy atom. The zero-order valence-corrected chi connectivity index (χ0v) is 18.8. The second-order valence-corrected chi connectivity index (χ2v) is 10.3. The number of pyridine rings is 1. The standard InChI is InChI=1S/C25H23N5O2S/c31-33(32,21-9-5-2-6-10-21)30-14-12-22-24-23(15-26-25(22)30)27-18-29(24)20-11-13-28(17-20)16-19-7-3-1-4-8-19/h1-10,12,14-15,18,20H,11,13,16-17H2/t20-/m1/s1. The molecule has 33 heavy (non-hydrogen) atoms. The SMILES string of the molecule is O=S(=O)(c1ccccc1)n1ccc2c3c(cnc21)ncn3[C@@H]1CCN(Cc2ccccc2)C1. The highest BCUT2D eigenvalue weighted by Gasteiger charge is 2.27. The smallest absolute Gasteiger partial charge is 0.269 e. The van der Waals surface area contributed by atoms with Crippen molar-refractivity contribution in [1.29, 1.82) is 0 Å². The molecule has 1 aliphatic rings. The molecule has 0 aliphatic carbocycles. The van der Waals surface area contributed by atoms with Gasteiger partial charge in [-0.05, 0) is 30.2 Å². The van der Waals surface area contributed by atoms with Crippen LogP contribution in [0.1, 0.15) is 18.0 Å². The average molecular weight is 458 g/mol. The van der Waals surface area contributed by atoms with E-state index in [9.17, 15) is 8.42 Å². The van der Waals surface area contributed by atoms with E-state index in [2.05, 4.69) is 43.7 Å². The van der Waals surface area contributed by atoms with Crippen molar-refractivity contribution in [2.24, 2.45) is 0 Å². The first-order valence-electron chi connectivity index (χ1n) is 11.0. The number of rotatable bonds is 5. The molecular weight excluding hydrogens is 434 g/mol. The average Bonchev–Trinajstić information content (AvgIpc) is 3.58. The molecule has 2 aromatic carbocycles. The van der Waals surface area contributed by atoms with E-state index in [1.165, 1.54) is 9.54 Å². The van der Waals surface area contributed by atoms with Crippen LogP contribution in [-0.2, 0) is 16.6 Å². The second kappa shape index (κ2) is 7.83. The summed E-state index contributed by atoms with van der Waals surface area (Å²) in [5.74, 6) is 0. The Labute approximate surface area is 192 Å². The van der Waals surface area contributed by atoms with Crippen LogP contribution in [0.15, 0.2) is 90.3 Å². The topological polar surface area (TPSA) is 73.0 Å². The summed E-state index contributed by atoms with van der Waals surface area (Å²) >= 11 is 0. The molecule has 0 unspecified atom stereocenters. The molecule has 0 spiro atoms. The minimum atomic E-state index is -3.73. The van der Waals surface area contributed by atoms with Gasteiger partial charge < -0.3 is 4.57 Å². The molecule has 4 heterocycles. The van der Waals surface area contributed by atoms with Crippen LogP contribution in [0.2, 0.25) is 0 Å². The van der Waals surface area contributed by atoms with E-state index in [1.54, 1.807) is 42.7 Å². The lowest BCUT2D eigenvalue weighted by atomic mass is 10.2. The fraction of sp³-hybridized carbons (Fsp3) is 0.200. The minimum absolute atomic E-state index is 0.241. The van der Waals surface area contributed by atoms with Gasteiger partial charge in [0, 0.05) is 37.3 Å². The molecule has 1 aliphatic heterocycles. The number of likely N-dealkylation sites (tertiary alicyclic amines) is 1. The molecule has 6 rings (SSSR count). The Hall–Kier alpha value is -3.49. The quantitative estimate of drug-likeness (QED) is 0.398. The highest BCUT2D eigenvalue weighted by molar-refractivity contribution is 7.90. The zero-order valence-electron chi connectivity index (χ0n) is 17.9. The maximum Gasteiger partial charge on any atom is 0.269 e. The van der Waals surface area contributed by atoms with Crippen LogP contribution < -0.4 is 0 Å². The van der Waals surface area contributed by atoms with E-state index in [0.29, 0.717) is 5.65 Å². The Bertz CT molecular complexity index is 1540. The highest BCUT2D eigenvalue weighted by atomic mass is 32.2. The van der Waals surface area contributed by atoms with Crippen LogP contribution in [0.4, 0.5) is 0 Å². The molecule has 166 valence electrons. The molecular formula is C25H23N5O2S. The fourth-order valence-electron chi connectivity index (χ4n) is 4.79. The summed E-state index contributed by atoms with van der Waals surface area (Å²) in [4.78, 5) is 11.7. The first-order valence-corrected chi connectivity index (χ1v) is 12.4. The van der Waals surface area contributed by atoms with Gasteiger partial charge in [-0.2, -0.15) is 0 Å². The van der Waals surface area contributed by atoms with Gasteiger partial charge in [-0.15, -0.1) is 0 Å². The number of benzene rings is 2. The van der Waals surface area contributed by atoms with Crippen molar-refractivity contribution in [3.05, 3.63) is 91.0 Å². The number of imidazole rings is 1. The lowest BCUT2D eigenvalue weighted by molar-refractivity contribution is 0.317. The van der Waals surface area contributed by atoms with Gasteiger partial charge in [-0.1, -0.05) is 48.5 Å². The molecule has 1 fully saturated rings. The highest BCUT2D eigenvalue weighted by Crippen LogP contribution is 2.32. The van der Waals surface area contributed by atoms with Crippen molar-refractivity contribution < 1.29 is 8.42 Å². The van der Waals surface area contributed by atoms with Crippen molar-refractivity contribution >= 4 is 32.1 Å². The molecule has 0 N–H and O–H groups in total. The Morgan fingerprint density at radius 3 is 2.48 bits per heavy atom. The summed E-state index contributed by atoms with van der Waals surface area (Å²) in [6.45, 7) is 2.86. The van der Waals surface area contributed by atoms with Crippen LogP contribution in [0, 0.1) is 0 Å². The molecule has 0 amide bonds. The van der Waals surface area contributed by atoms with Gasteiger partial charge in [0.25, 0.3) is 10.0 Å². The molecule has 1 atom stereocenters. The van der Waals surface area contributed by atoms with E-state index in [0.717, 1.165) is 42.5 Å². The first-order chi connectivity index (χ1) is 16.1. The Balaban J connectivity index is 1.37. The van der Waals surface area contributed by atoms with E-state index in [-0.39, 0.29) is 10.9 Å². The van der Waals surface area contributed by atoms with Gasteiger partial charge in [0.15, 0.2) is 5.65 Å². The van der Waals surface area contributed by atoms with Gasteiger partial charge in [0.2, 0.25) is 0 Å². The van der Waals surface area contributed by atoms with E-state index in [4.69, 9.17) is 0 Å². The van der Waals surface area contributed by atoms with E-state index >= 15 is 0 Å². The summed E-state index contributed by atoms with van der Waals surface area (Å²) in [5, 5.41) is 0.797. The third-order valence-corrected chi connectivity index (χ3v) is 8.08. The van der Waals surface area contributed by atoms with Crippen molar-refractivity contribution in [3.8, 4) is 0 Å². The first kappa shape index (κ1) is 20.1. The van der Waals surface area contributed by atoms with Gasteiger partial charge in [-0.3, -0.25) is 4.90 Å². The summed E-state index contributed by atoms with van der Waals surface area (Å²) < 4.78 is 29.9.